The summed E-state index contributed by atoms with van der Waals surface area (Å²) in [6.07, 6.45) is 4.19. The Labute approximate surface area is 234 Å². The standard InChI is InChI=1S/C31H35N5O4/c1-31(2,3)23-10-12-24(13-11-23)36-29(19-27(35-36)22-6-4-16-33-20-22)40-17-5-7-28(38)34-30(39)26(32)18-21-8-14-25(37)15-9-21/h4,6,8-16,19-20,26,37H,5,7,17-18,32H2,1-3H3,(H,34,38,39). The number of phenolic OH excluding ortho intramolecular Hbond substituents is 1. The second-order valence-electron chi connectivity index (χ2n) is 10.7. The van der Waals surface area contributed by atoms with Gasteiger partial charge in [0.1, 0.15) is 5.75 Å². The summed E-state index contributed by atoms with van der Waals surface area (Å²) in [6, 6.07) is 19.3. The summed E-state index contributed by atoms with van der Waals surface area (Å²) in [4.78, 5) is 28.9. The molecule has 4 rings (SSSR count). The summed E-state index contributed by atoms with van der Waals surface area (Å²) < 4.78 is 7.79. The zero-order valence-corrected chi connectivity index (χ0v) is 23.0. The maximum Gasteiger partial charge on any atom is 0.243 e. The monoisotopic (exact) mass is 541 g/mol. The number of carbonyl (C=O) groups is 2. The van der Waals surface area contributed by atoms with Crippen molar-refractivity contribution in [1.29, 1.82) is 0 Å². The third kappa shape index (κ3) is 7.54. The molecule has 9 nitrogen and oxygen atoms in total. The van der Waals surface area contributed by atoms with Crippen LogP contribution in [-0.4, -0.2) is 44.3 Å². The predicted octanol–water partition coefficient (Wildman–Crippen LogP) is 4.31. The van der Waals surface area contributed by atoms with Crippen LogP contribution in [0, 0.1) is 0 Å². The molecule has 2 heterocycles. The Morgan fingerprint density at radius 3 is 2.45 bits per heavy atom. The molecule has 2 amide bonds. The number of nitrogens with zero attached hydrogens (tertiary/aromatic N) is 3. The molecule has 4 N–H and O–H groups in total. The number of pyridine rings is 1. The zero-order chi connectivity index (χ0) is 28.7. The number of aromatic hydroxyl groups is 1. The Kier molecular flexibility index (Phi) is 8.96. The minimum atomic E-state index is -0.880. The number of nitrogens with two attached hydrogens (primary N) is 1. The molecule has 1 unspecified atom stereocenters. The number of nitrogens with one attached hydrogen (secondary N) is 1. The van der Waals surface area contributed by atoms with Gasteiger partial charge < -0.3 is 15.6 Å². The summed E-state index contributed by atoms with van der Waals surface area (Å²) >= 11 is 0. The van der Waals surface area contributed by atoms with Crippen molar-refractivity contribution < 1.29 is 19.4 Å². The van der Waals surface area contributed by atoms with Gasteiger partial charge >= 0.3 is 0 Å². The molecule has 0 aliphatic heterocycles. The van der Waals surface area contributed by atoms with Gasteiger partial charge in [0, 0.05) is 30.4 Å². The Balaban J connectivity index is 1.36. The summed E-state index contributed by atoms with van der Waals surface area (Å²) in [7, 11) is 0. The van der Waals surface area contributed by atoms with Crippen LogP contribution in [0.3, 0.4) is 0 Å². The van der Waals surface area contributed by atoms with Crippen LogP contribution in [0.15, 0.2) is 79.1 Å². The van der Waals surface area contributed by atoms with E-state index in [-0.39, 0.29) is 30.6 Å². The second-order valence-corrected chi connectivity index (χ2v) is 10.7. The fourth-order valence-electron chi connectivity index (χ4n) is 4.09. The first-order valence-electron chi connectivity index (χ1n) is 13.2. The maximum atomic E-state index is 12.4. The number of hydrogen-bond acceptors (Lipinski definition) is 7. The Bertz CT molecular complexity index is 1430. The highest BCUT2D eigenvalue weighted by molar-refractivity contribution is 5.97. The molecule has 0 radical (unpaired) electrons. The number of imide groups is 1. The number of benzene rings is 2. The summed E-state index contributed by atoms with van der Waals surface area (Å²) in [6.45, 7) is 6.74. The lowest BCUT2D eigenvalue weighted by molar-refractivity contribution is -0.131. The van der Waals surface area contributed by atoms with Crippen molar-refractivity contribution in [2.24, 2.45) is 5.73 Å². The van der Waals surface area contributed by atoms with Gasteiger partial charge in [-0.1, -0.05) is 45.0 Å². The Morgan fingerprint density at radius 2 is 1.80 bits per heavy atom. The molecule has 0 aliphatic carbocycles. The molecular weight excluding hydrogens is 506 g/mol. The lowest BCUT2D eigenvalue weighted by atomic mass is 9.87. The van der Waals surface area contributed by atoms with Gasteiger partial charge in [0.2, 0.25) is 17.7 Å². The summed E-state index contributed by atoms with van der Waals surface area (Å²) in [5, 5.41) is 16.5. The largest absolute Gasteiger partial charge is 0.508 e. The Morgan fingerprint density at radius 1 is 1.07 bits per heavy atom. The first-order chi connectivity index (χ1) is 19.1. The first-order valence-corrected chi connectivity index (χ1v) is 13.2. The fraction of sp³-hybridized carbons (Fsp3) is 0.290. The number of carbonyl (C=O) groups excluding carboxylic acids is 2. The number of phenols is 1. The quantitative estimate of drug-likeness (QED) is 0.255. The predicted molar refractivity (Wildman–Crippen MR) is 153 cm³/mol. The first kappa shape index (κ1) is 28.5. The molecule has 0 spiro atoms. The van der Waals surface area contributed by atoms with Crippen molar-refractivity contribution in [3.63, 3.8) is 0 Å². The normalized spacial score (nSPS) is 12.1. The van der Waals surface area contributed by atoms with Crippen LogP contribution in [0.25, 0.3) is 16.9 Å². The number of aromatic nitrogens is 3. The van der Waals surface area contributed by atoms with E-state index in [0.717, 1.165) is 16.8 Å². The van der Waals surface area contributed by atoms with E-state index in [1.165, 1.54) is 17.7 Å². The van der Waals surface area contributed by atoms with E-state index in [9.17, 15) is 14.7 Å². The van der Waals surface area contributed by atoms with Gasteiger partial charge in [-0.05, 0) is 65.8 Å². The highest BCUT2D eigenvalue weighted by Gasteiger charge is 2.18. The molecule has 4 aromatic rings. The molecule has 0 saturated carbocycles. The van der Waals surface area contributed by atoms with E-state index >= 15 is 0 Å². The van der Waals surface area contributed by atoms with Crippen molar-refractivity contribution in [3.8, 4) is 28.6 Å². The van der Waals surface area contributed by atoms with E-state index in [4.69, 9.17) is 15.6 Å². The lowest BCUT2D eigenvalue weighted by Crippen LogP contribution is -2.44. The van der Waals surface area contributed by atoms with Gasteiger partial charge in [0.05, 0.1) is 24.0 Å². The molecule has 0 aliphatic rings. The van der Waals surface area contributed by atoms with Crippen molar-refractivity contribution >= 4 is 11.8 Å². The molecule has 0 bridgehead atoms. The smallest absolute Gasteiger partial charge is 0.243 e. The van der Waals surface area contributed by atoms with Crippen molar-refractivity contribution in [1.82, 2.24) is 20.1 Å². The molecule has 9 heteroatoms. The third-order valence-corrected chi connectivity index (χ3v) is 6.40. The van der Waals surface area contributed by atoms with E-state index in [1.807, 2.05) is 30.3 Å². The van der Waals surface area contributed by atoms with Crippen molar-refractivity contribution in [3.05, 3.63) is 90.3 Å². The van der Waals surface area contributed by atoms with Crippen LogP contribution in [0.5, 0.6) is 11.6 Å². The second kappa shape index (κ2) is 12.6. The van der Waals surface area contributed by atoms with Gasteiger partial charge in [0.15, 0.2) is 0 Å². The van der Waals surface area contributed by atoms with Crippen LogP contribution < -0.4 is 15.8 Å². The third-order valence-electron chi connectivity index (χ3n) is 6.40. The SMILES string of the molecule is CC(C)(C)c1ccc(-n2nc(-c3cccnc3)cc2OCCCC(=O)NC(=O)C(N)Cc2ccc(O)cc2)cc1. The number of ether oxygens (including phenoxy) is 1. The minimum absolute atomic E-state index is 0.0280. The van der Waals surface area contributed by atoms with E-state index < -0.39 is 17.9 Å². The summed E-state index contributed by atoms with van der Waals surface area (Å²) in [5.41, 5.74) is 10.4. The molecule has 0 saturated heterocycles. The highest BCUT2D eigenvalue weighted by atomic mass is 16.5. The zero-order valence-electron chi connectivity index (χ0n) is 23.0. The van der Waals surface area contributed by atoms with Crippen molar-refractivity contribution in [2.75, 3.05) is 6.61 Å². The Hall–Kier alpha value is -4.50. The van der Waals surface area contributed by atoms with Crippen LogP contribution in [-0.2, 0) is 21.4 Å². The van der Waals surface area contributed by atoms with Crippen LogP contribution in [0.4, 0.5) is 0 Å². The molecule has 1 atom stereocenters. The molecular formula is C31H35N5O4. The van der Waals surface area contributed by atoms with Crippen LogP contribution >= 0.6 is 0 Å². The number of hydrogen-bond donors (Lipinski definition) is 3. The number of rotatable bonds is 10. The average molecular weight is 542 g/mol. The van der Waals surface area contributed by atoms with E-state index in [0.29, 0.717) is 18.0 Å². The molecule has 0 fully saturated rings. The minimum Gasteiger partial charge on any atom is -0.508 e. The van der Waals surface area contributed by atoms with Crippen molar-refractivity contribution in [2.45, 2.75) is 51.5 Å². The highest BCUT2D eigenvalue weighted by Crippen LogP contribution is 2.28. The van der Waals surface area contributed by atoms with Gasteiger partial charge in [-0.15, -0.1) is 0 Å². The van der Waals surface area contributed by atoms with Gasteiger partial charge in [-0.2, -0.15) is 5.10 Å². The lowest BCUT2D eigenvalue weighted by Gasteiger charge is -2.19. The molecule has 208 valence electrons. The number of amides is 2. The van der Waals surface area contributed by atoms with Gasteiger partial charge in [0.25, 0.3) is 0 Å². The van der Waals surface area contributed by atoms with Crippen LogP contribution in [0.2, 0.25) is 0 Å². The van der Waals surface area contributed by atoms with Gasteiger partial charge in [-0.25, -0.2) is 4.68 Å². The topological polar surface area (TPSA) is 132 Å². The average Bonchev–Trinajstić information content (AvgIpc) is 3.36. The van der Waals surface area contributed by atoms with Crippen LogP contribution in [0.1, 0.15) is 44.7 Å². The fourth-order valence-corrected chi connectivity index (χ4v) is 4.09. The van der Waals surface area contributed by atoms with E-state index in [1.54, 1.807) is 29.2 Å². The summed E-state index contributed by atoms with van der Waals surface area (Å²) in [5.74, 6) is -0.294. The maximum absolute atomic E-state index is 12.4. The molecule has 2 aromatic heterocycles. The van der Waals surface area contributed by atoms with Gasteiger partial charge in [-0.3, -0.25) is 19.9 Å². The van der Waals surface area contributed by atoms with E-state index in [2.05, 4.69) is 43.2 Å². The molecule has 2 aromatic carbocycles. The molecule has 40 heavy (non-hydrogen) atoms.